The SMILES string of the molecule is CCOc1nc(Nc2ccc3c(c2)NC(=O)C3)nc(NC2CCN([S+](C)(=O)[O-])CC2)n1. The molecule has 2 aliphatic rings. The molecule has 0 saturated carbocycles. The second-order valence-corrected chi connectivity index (χ2v) is 9.48. The standard InChI is InChI=1S/C19H25N7O4S/c1-3-30-19-24-17(20-13-6-8-26(9-7-13)31(2,28)29)23-18(25-19)21-14-5-4-12-10-16(27)22-15(12)11-14/h4-5,11,13H,3,6-10H2,1-2H3,(H3-,20,21,22,23,24,25,27,28,29). The maximum atomic E-state index is 11.7. The number of carbonyl (C=O) groups is 1. The molecule has 2 aromatic rings. The highest BCUT2D eigenvalue weighted by molar-refractivity contribution is 7.94. The number of piperidine rings is 1. The molecule has 2 aliphatic heterocycles. The van der Waals surface area contributed by atoms with E-state index < -0.39 is 10.4 Å². The van der Waals surface area contributed by atoms with Crippen molar-refractivity contribution in [3.05, 3.63) is 23.8 Å². The van der Waals surface area contributed by atoms with E-state index >= 15 is 0 Å². The van der Waals surface area contributed by atoms with Crippen molar-refractivity contribution in [1.29, 1.82) is 0 Å². The maximum absolute atomic E-state index is 11.7. The van der Waals surface area contributed by atoms with Gasteiger partial charge in [0.1, 0.15) is 16.7 Å². The van der Waals surface area contributed by atoms with E-state index in [0.717, 1.165) is 16.9 Å². The summed E-state index contributed by atoms with van der Waals surface area (Å²) in [4.78, 5) is 24.6. The Morgan fingerprint density at radius 1 is 1.26 bits per heavy atom. The first-order chi connectivity index (χ1) is 14.8. The lowest BCUT2D eigenvalue weighted by atomic mass is 10.1. The number of rotatable bonds is 7. The molecule has 11 nitrogen and oxygen atoms in total. The van der Waals surface area contributed by atoms with Crippen molar-refractivity contribution in [3.63, 3.8) is 0 Å². The van der Waals surface area contributed by atoms with Crippen molar-refractivity contribution >= 4 is 39.6 Å². The van der Waals surface area contributed by atoms with Crippen LogP contribution in [-0.2, 0) is 25.8 Å². The number of sulfonamides is 1. The lowest BCUT2D eigenvalue weighted by Gasteiger charge is -2.32. The molecule has 166 valence electrons. The van der Waals surface area contributed by atoms with Crippen LogP contribution in [0.15, 0.2) is 18.2 Å². The van der Waals surface area contributed by atoms with Crippen LogP contribution in [0.1, 0.15) is 25.3 Å². The summed E-state index contributed by atoms with van der Waals surface area (Å²) in [5.74, 6) is 0.631. The third-order valence-corrected chi connectivity index (χ3v) is 6.44. The smallest absolute Gasteiger partial charge is 0.323 e. The Labute approximate surface area is 181 Å². The first kappa shape index (κ1) is 21.4. The molecule has 1 aromatic heterocycles. The molecule has 1 amide bonds. The van der Waals surface area contributed by atoms with Gasteiger partial charge in [0.05, 0.1) is 13.0 Å². The largest absolute Gasteiger partial charge is 0.598 e. The number of nitrogens with one attached hydrogen (secondary N) is 3. The van der Waals surface area contributed by atoms with Gasteiger partial charge in [-0.25, -0.2) is 0 Å². The van der Waals surface area contributed by atoms with Crippen LogP contribution in [0.25, 0.3) is 0 Å². The van der Waals surface area contributed by atoms with Crippen LogP contribution in [0.2, 0.25) is 0 Å². The topological polar surface area (TPSA) is 144 Å². The molecule has 4 rings (SSSR count). The zero-order valence-electron chi connectivity index (χ0n) is 17.4. The number of benzene rings is 1. The molecule has 3 heterocycles. The number of anilines is 4. The Morgan fingerprint density at radius 3 is 2.71 bits per heavy atom. The minimum Gasteiger partial charge on any atom is -0.598 e. The van der Waals surface area contributed by atoms with Crippen LogP contribution in [0, 0.1) is 0 Å². The van der Waals surface area contributed by atoms with Gasteiger partial charge in [0.25, 0.3) is 0 Å². The zero-order valence-corrected chi connectivity index (χ0v) is 18.2. The van der Waals surface area contributed by atoms with E-state index in [2.05, 4.69) is 30.9 Å². The average Bonchev–Trinajstić information content (AvgIpc) is 3.07. The monoisotopic (exact) mass is 447 g/mol. The van der Waals surface area contributed by atoms with Crippen molar-refractivity contribution in [2.75, 3.05) is 41.9 Å². The fourth-order valence-corrected chi connectivity index (χ4v) is 4.48. The van der Waals surface area contributed by atoms with Crippen LogP contribution in [0.5, 0.6) is 6.01 Å². The summed E-state index contributed by atoms with van der Waals surface area (Å²) in [5, 5.41) is 9.21. The van der Waals surface area contributed by atoms with Crippen LogP contribution < -0.4 is 20.7 Å². The van der Waals surface area contributed by atoms with E-state index in [0.29, 0.717) is 50.9 Å². The molecule has 1 atom stereocenters. The lowest BCUT2D eigenvalue weighted by molar-refractivity contribution is -0.115. The predicted molar refractivity (Wildman–Crippen MR) is 116 cm³/mol. The third-order valence-electron chi connectivity index (χ3n) is 5.14. The van der Waals surface area contributed by atoms with Gasteiger partial charge >= 0.3 is 6.01 Å². The fourth-order valence-electron chi connectivity index (χ4n) is 3.61. The van der Waals surface area contributed by atoms with Gasteiger partial charge in [-0.15, -0.1) is 4.31 Å². The highest BCUT2D eigenvalue weighted by atomic mass is 32.3. The maximum Gasteiger partial charge on any atom is 0.323 e. The van der Waals surface area contributed by atoms with Gasteiger partial charge in [-0.3, -0.25) is 4.79 Å². The number of hydrogen-bond acceptors (Lipinski definition) is 9. The van der Waals surface area contributed by atoms with Gasteiger partial charge in [-0.1, -0.05) is 10.3 Å². The number of ether oxygens (including phenoxy) is 1. The van der Waals surface area contributed by atoms with E-state index in [1.165, 1.54) is 10.6 Å². The summed E-state index contributed by atoms with van der Waals surface area (Å²) in [5.41, 5.74) is 2.44. The summed E-state index contributed by atoms with van der Waals surface area (Å²) < 4.78 is 30.4. The van der Waals surface area contributed by atoms with Crippen molar-refractivity contribution in [2.45, 2.75) is 32.2 Å². The van der Waals surface area contributed by atoms with Crippen molar-refractivity contribution in [3.8, 4) is 6.01 Å². The Balaban J connectivity index is 1.47. The first-order valence-electron chi connectivity index (χ1n) is 10.1. The quantitative estimate of drug-likeness (QED) is 0.538. The normalized spacial score (nSPS) is 18.7. The summed E-state index contributed by atoms with van der Waals surface area (Å²) >= 11 is 0. The molecule has 0 spiro atoms. The highest BCUT2D eigenvalue weighted by Crippen LogP contribution is 2.28. The zero-order chi connectivity index (χ0) is 22.0. The molecule has 1 unspecified atom stereocenters. The molecular formula is C19H25N7O4S. The van der Waals surface area contributed by atoms with Gasteiger partial charge in [0, 0.05) is 30.5 Å². The fraction of sp³-hybridized carbons (Fsp3) is 0.474. The Hall–Kier alpha value is -2.83. The summed E-state index contributed by atoms with van der Waals surface area (Å²) in [6.45, 7) is 3.15. The molecule has 1 aromatic carbocycles. The predicted octanol–water partition coefficient (Wildman–Crippen LogP) is 1.56. The minimum absolute atomic E-state index is 0.0284. The van der Waals surface area contributed by atoms with Crippen LogP contribution in [0.3, 0.4) is 0 Å². The van der Waals surface area contributed by atoms with Gasteiger partial charge in [0.2, 0.25) is 17.8 Å². The molecule has 0 bridgehead atoms. The van der Waals surface area contributed by atoms with Crippen molar-refractivity contribution in [2.24, 2.45) is 0 Å². The number of aromatic nitrogens is 3. The lowest BCUT2D eigenvalue weighted by Crippen LogP contribution is -2.44. The second kappa shape index (κ2) is 8.73. The molecule has 0 aliphatic carbocycles. The van der Waals surface area contributed by atoms with Crippen LogP contribution in [-0.4, -0.2) is 61.7 Å². The van der Waals surface area contributed by atoms with E-state index in [4.69, 9.17) is 4.74 Å². The number of carbonyl (C=O) groups excluding carboxylic acids is 1. The molecule has 1 saturated heterocycles. The summed E-state index contributed by atoms with van der Waals surface area (Å²) in [7, 11) is -3.18. The first-order valence-corrected chi connectivity index (χ1v) is 12.0. The Kier molecular flexibility index (Phi) is 6.03. The Morgan fingerprint density at radius 2 is 2.00 bits per heavy atom. The summed E-state index contributed by atoms with van der Waals surface area (Å²) in [6, 6.07) is 5.80. The van der Waals surface area contributed by atoms with E-state index in [-0.39, 0.29) is 18.0 Å². The second-order valence-electron chi connectivity index (χ2n) is 7.50. The minimum atomic E-state index is -3.18. The summed E-state index contributed by atoms with van der Waals surface area (Å²) in [6.07, 6.45) is 2.90. The van der Waals surface area contributed by atoms with Gasteiger partial charge < -0.3 is 25.2 Å². The number of nitrogens with zero attached hydrogens (tertiary/aromatic N) is 4. The highest BCUT2D eigenvalue weighted by Gasteiger charge is 2.28. The Bertz CT molecular complexity index is 1020. The van der Waals surface area contributed by atoms with Crippen LogP contribution in [0.4, 0.5) is 23.3 Å². The van der Waals surface area contributed by atoms with Gasteiger partial charge in [0.15, 0.2) is 0 Å². The average molecular weight is 448 g/mol. The molecule has 3 N–H and O–H groups in total. The molecule has 0 radical (unpaired) electrons. The van der Waals surface area contributed by atoms with Crippen molar-refractivity contribution in [1.82, 2.24) is 19.3 Å². The van der Waals surface area contributed by atoms with E-state index in [1.807, 2.05) is 25.1 Å². The number of amides is 1. The van der Waals surface area contributed by atoms with Crippen LogP contribution >= 0.6 is 0 Å². The van der Waals surface area contributed by atoms with Crippen molar-refractivity contribution < 1.29 is 18.3 Å². The molecule has 12 heteroatoms. The van der Waals surface area contributed by atoms with Gasteiger partial charge in [-0.2, -0.15) is 15.0 Å². The molecular weight excluding hydrogens is 422 g/mol. The number of fused-ring (bicyclic) bond motifs is 1. The van der Waals surface area contributed by atoms with E-state index in [9.17, 15) is 13.6 Å². The van der Waals surface area contributed by atoms with Gasteiger partial charge in [-0.05, 0) is 37.5 Å². The third kappa shape index (κ3) is 5.27. The van der Waals surface area contributed by atoms with E-state index in [1.54, 1.807) is 0 Å². The molecule has 1 fully saturated rings. The molecule has 31 heavy (non-hydrogen) atoms. The number of hydrogen-bond donors (Lipinski definition) is 3.